The Morgan fingerprint density at radius 1 is 0.861 bits per heavy atom. The number of nitrogens with one attached hydrogen (secondary N) is 1. The normalized spacial score (nSPS) is 13.9. The summed E-state index contributed by atoms with van der Waals surface area (Å²) in [6.07, 6.45) is 1.40. The number of nitrogens with zero attached hydrogens (tertiary/aromatic N) is 2. The summed E-state index contributed by atoms with van der Waals surface area (Å²) in [4.78, 5) is 22.0. The lowest BCUT2D eigenvalue weighted by atomic mass is 9.82. The first-order chi connectivity index (χ1) is 17.7. The van der Waals surface area contributed by atoms with E-state index in [4.69, 9.17) is 18.6 Å². The van der Waals surface area contributed by atoms with E-state index in [0.29, 0.717) is 28.3 Å². The van der Waals surface area contributed by atoms with Crippen molar-refractivity contribution in [3.63, 3.8) is 0 Å². The van der Waals surface area contributed by atoms with Crippen molar-refractivity contribution in [3.8, 4) is 23.1 Å². The fraction of sp³-hybridized carbons (Fsp3) is 0.107. The molecule has 1 aliphatic rings. The lowest BCUT2D eigenvalue weighted by Gasteiger charge is -2.30. The molecule has 5 aromatic rings. The van der Waals surface area contributed by atoms with Crippen molar-refractivity contribution >= 4 is 22.5 Å². The summed E-state index contributed by atoms with van der Waals surface area (Å²) in [5, 5.41) is 4.14. The molecule has 2 aromatic heterocycles. The van der Waals surface area contributed by atoms with E-state index in [1.54, 1.807) is 20.3 Å². The molecule has 0 spiro atoms. The Balaban J connectivity index is 1.63. The molecule has 3 heterocycles. The third-order valence-corrected chi connectivity index (χ3v) is 6.24. The third kappa shape index (κ3) is 3.51. The Morgan fingerprint density at radius 2 is 1.64 bits per heavy atom. The van der Waals surface area contributed by atoms with E-state index < -0.39 is 11.5 Å². The largest absolute Gasteiger partial charge is 0.497 e. The lowest BCUT2D eigenvalue weighted by Crippen LogP contribution is -2.21. The highest BCUT2D eigenvalue weighted by atomic mass is 16.5. The minimum absolute atomic E-state index is 0.103. The first-order valence-corrected chi connectivity index (χ1v) is 11.3. The van der Waals surface area contributed by atoms with E-state index in [9.17, 15) is 4.79 Å². The fourth-order valence-electron chi connectivity index (χ4n) is 4.63. The summed E-state index contributed by atoms with van der Waals surface area (Å²) in [7, 11) is 3.24. The average Bonchev–Trinajstić information content (AvgIpc) is 2.92. The Bertz CT molecular complexity index is 1650. The smallest absolute Gasteiger partial charge is 0.380 e. The predicted octanol–water partition coefficient (Wildman–Crippen LogP) is 5.63. The van der Waals surface area contributed by atoms with Crippen LogP contribution in [0.4, 0.5) is 11.5 Å². The number of methoxy groups -OCH3 is 2. The van der Waals surface area contributed by atoms with Crippen molar-refractivity contribution in [3.05, 3.63) is 106 Å². The molecule has 0 amide bonds. The molecule has 6 rings (SSSR count). The monoisotopic (exact) mass is 479 g/mol. The molecule has 0 fully saturated rings. The standard InChI is InChI=1S/C28H21N3O5/c1-33-17-13-11-16(12-14-17)31-26-24-22(18-7-3-5-9-20(18)34-2)23-19-8-4-6-10-21(19)35-28(32)25(23)36-27(24)30-15-29-26/h3-15,22H,1-2H3,(H,29,30,31). The summed E-state index contributed by atoms with van der Waals surface area (Å²) in [5.41, 5.74) is 2.90. The van der Waals surface area contributed by atoms with Gasteiger partial charge in [-0.25, -0.2) is 14.8 Å². The number of rotatable bonds is 5. The van der Waals surface area contributed by atoms with Gasteiger partial charge in [0.1, 0.15) is 29.2 Å². The van der Waals surface area contributed by atoms with Gasteiger partial charge in [-0.3, -0.25) is 0 Å². The first kappa shape index (κ1) is 21.7. The van der Waals surface area contributed by atoms with Gasteiger partial charge in [0, 0.05) is 22.2 Å². The van der Waals surface area contributed by atoms with Gasteiger partial charge in [0.25, 0.3) is 0 Å². The highest BCUT2D eigenvalue weighted by Crippen LogP contribution is 2.51. The highest BCUT2D eigenvalue weighted by Gasteiger charge is 2.38. The summed E-state index contributed by atoms with van der Waals surface area (Å²) in [6, 6.07) is 22.6. The molecular formula is C28H21N3O5. The Morgan fingerprint density at radius 3 is 2.44 bits per heavy atom. The molecule has 0 saturated heterocycles. The molecule has 178 valence electrons. The highest BCUT2D eigenvalue weighted by molar-refractivity contribution is 5.86. The maximum absolute atomic E-state index is 13.1. The maximum atomic E-state index is 13.1. The minimum atomic E-state index is -0.572. The summed E-state index contributed by atoms with van der Waals surface area (Å²) < 4.78 is 22.7. The van der Waals surface area contributed by atoms with Crippen molar-refractivity contribution in [2.45, 2.75) is 5.92 Å². The molecule has 1 aliphatic heterocycles. The Hall–Kier alpha value is -4.85. The van der Waals surface area contributed by atoms with E-state index in [1.807, 2.05) is 66.7 Å². The van der Waals surface area contributed by atoms with Gasteiger partial charge in [0.2, 0.25) is 11.6 Å². The maximum Gasteiger partial charge on any atom is 0.380 e. The van der Waals surface area contributed by atoms with Crippen LogP contribution in [0.15, 0.2) is 88.3 Å². The lowest BCUT2D eigenvalue weighted by molar-refractivity contribution is 0.391. The topological polar surface area (TPSA) is 95.7 Å². The van der Waals surface area contributed by atoms with Crippen LogP contribution in [0.3, 0.4) is 0 Å². The zero-order chi connectivity index (χ0) is 24.6. The van der Waals surface area contributed by atoms with Crippen LogP contribution in [-0.4, -0.2) is 24.2 Å². The number of benzene rings is 3. The summed E-state index contributed by atoms with van der Waals surface area (Å²) in [6.45, 7) is 0. The van der Waals surface area contributed by atoms with Crippen molar-refractivity contribution in [2.75, 3.05) is 19.5 Å². The number of para-hydroxylation sites is 2. The zero-order valence-electron chi connectivity index (χ0n) is 19.5. The van der Waals surface area contributed by atoms with Gasteiger partial charge in [0.15, 0.2) is 0 Å². The molecule has 1 N–H and O–H groups in total. The number of hydrogen-bond donors (Lipinski definition) is 1. The molecule has 0 radical (unpaired) electrons. The second kappa shape index (κ2) is 8.74. The molecular weight excluding hydrogens is 458 g/mol. The van der Waals surface area contributed by atoms with Crippen molar-refractivity contribution in [1.29, 1.82) is 0 Å². The van der Waals surface area contributed by atoms with Crippen LogP contribution in [0.5, 0.6) is 23.1 Å². The van der Waals surface area contributed by atoms with Crippen LogP contribution in [0, 0.1) is 0 Å². The van der Waals surface area contributed by atoms with Crippen LogP contribution in [0.2, 0.25) is 0 Å². The van der Waals surface area contributed by atoms with Gasteiger partial charge < -0.3 is 23.9 Å². The summed E-state index contributed by atoms with van der Waals surface area (Å²) in [5.74, 6) is 1.85. The fourth-order valence-corrected chi connectivity index (χ4v) is 4.63. The van der Waals surface area contributed by atoms with Crippen LogP contribution < -0.4 is 25.2 Å². The van der Waals surface area contributed by atoms with Gasteiger partial charge in [-0.2, -0.15) is 0 Å². The predicted molar refractivity (Wildman–Crippen MR) is 135 cm³/mol. The first-order valence-electron chi connectivity index (χ1n) is 11.3. The quantitative estimate of drug-likeness (QED) is 0.318. The van der Waals surface area contributed by atoms with Crippen LogP contribution >= 0.6 is 0 Å². The SMILES string of the molecule is COc1ccc(Nc2ncnc3c2C(c2ccccc2OC)c2c(c(=O)oc4ccccc24)O3)cc1. The average molecular weight is 479 g/mol. The molecule has 0 aliphatic carbocycles. The van der Waals surface area contributed by atoms with E-state index in [0.717, 1.165) is 22.4 Å². The van der Waals surface area contributed by atoms with E-state index in [-0.39, 0.29) is 11.6 Å². The van der Waals surface area contributed by atoms with E-state index in [2.05, 4.69) is 15.3 Å². The zero-order valence-corrected chi connectivity index (χ0v) is 19.5. The number of anilines is 2. The molecule has 0 saturated carbocycles. The van der Waals surface area contributed by atoms with Gasteiger partial charge in [-0.15, -0.1) is 0 Å². The Kier molecular flexibility index (Phi) is 5.26. The molecule has 1 unspecified atom stereocenters. The minimum Gasteiger partial charge on any atom is -0.497 e. The molecule has 36 heavy (non-hydrogen) atoms. The van der Waals surface area contributed by atoms with Gasteiger partial charge in [0.05, 0.1) is 25.7 Å². The van der Waals surface area contributed by atoms with Crippen molar-refractivity contribution < 1.29 is 18.6 Å². The second-order valence-electron chi connectivity index (χ2n) is 8.20. The van der Waals surface area contributed by atoms with Crippen LogP contribution in [0.1, 0.15) is 22.6 Å². The van der Waals surface area contributed by atoms with E-state index >= 15 is 0 Å². The van der Waals surface area contributed by atoms with Crippen LogP contribution in [-0.2, 0) is 0 Å². The molecule has 8 nitrogen and oxygen atoms in total. The molecule has 1 atom stereocenters. The van der Waals surface area contributed by atoms with E-state index in [1.165, 1.54) is 6.33 Å². The Labute approximate surface area is 206 Å². The molecule has 0 bridgehead atoms. The van der Waals surface area contributed by atoms with Crippen LogP contribution in [0.25, 0.3) is 11.0 Å². The van der Waals surface area contributed by atoms with Crippen molar-refractivity contribution in [1.82, 2.24) is 9.97 Å². The van der Waals surface area contributed by atoms with Gasteiger partial charge in [-0.05, 0) is 36.4 Å². The third-order valence-electron chi connectivity index (χ3n) is 6.24. The van der Waals surface area contributed by atoms with Gasteiger partial charge in [-0.1, -0.05) is 36.4 Å². The van der Waals surface area contributed by atoms with Gasteiger partial charge >= 0.3 is 5.63 Å². The number of ether oxygens (including phenoxy) is 3. The molecule has 3 aromatic carbocycles. The summed E-state index contributed by atoms with van der Waals surface area (Å²) >= 11 is 0. The number of aromatic nitrogens is 2. The molecule has 8 heteroatoms. The van der Waals surface area contributed by atoms with Crippen molar-refractivity contribution in [2.24, 2.45) is 0 Å². The second-order valence-corrected chi connectivity index (χ2v) is 8.20. The number of hydrogen-bond acceptors (Lipinski definition) is 8. The number of fused-ring (bicyclic) bond motifs is 4.